The first-order valence-corrected chi connectivity index (χ1v) is 7.22. The van der Waals surface area contributed by atoms with E-state index in [2.05, 4.69) is 4.98 Å². The number of amides is 1. The summed E-state index contributed by atoms with van der Waals surface area (Å²) < 4.78 is 0. The van der Waals surface area contributed by atoms with Crippen LogP contribution in [0.2, 0.25) is 5.15 Å². The Labute approximate surface area is 120 Å². The van der Waals surface area contributed by atoms with E-state index in [-0.39, 0.29) is 16.8 Å². The molecule has 1 rings (SSSR count). The maximum Gasteiger partial charge on any atom is 0.319 e. The number of nitro groups is 1. The SMILES string of the molecule is CSCC(C)N(C)C(=O)c1ccnc(Cl)c1[N+](=O)[O-]. The summed E-state index contributed by atoms with van der Waals surface area (Å²) in [7, 11) is 1.61. The highest BCUT2D eigenvalue weighted by molar-refractivity contribution is 7.98. The molecule has 0 aliphatic heterocycles. The molecule has 1 aromatic heterocycles. The quantitative estimate of drug-likeness (QED) is 0.474. The zero-order valence-corrected chi connectivity index (χ0v) is 12.4. The van der Waals surface area contributed by atoms with Gasteiger partial charge in [-0.3, -0.25) is 14.9 Å². The third kappa shape index (κ3) is 3.57. The number of hydrogen-bond donors (Lipinski definition) is 0. The number of aromatic nitrogens is 1. The zero-order chi connectivity index (χ0) is 14.6. The van der Waals surface area contributed by atoms with Crippen LogP contribution >= 0.6 is 23.4 Å². The molecule has 8 heteroatoms. The van der Waals surface area contributed by atoms with Crippen molar-refractivity contribution in [2.75, 3.05) is 19.1 Å². The van der Waals surface area contributed by atoms with Crippen LogP contribution in [0.5, 0.6) is 0 Å². The van der Waals surface area contributed by atoms with Crippen molar-refractivity contribution in [1.29, 1.82) is 0 Å². The van der Waals surface area contributed by atoms with Crippen LogP contribution in [0.1, 0.15) is 17.3 Å². The molecule has 0 saturated heterocycles. The average molecular weight is 304 g/mol. The highest BCUT2D eigenvalue weighted by Crippen LogP contribution is 2.27. The summed E-state index contributed by atoms with van der Waals surface area (Å²) in [5, 5.41) is 10.7. The normalized spacial score (nSPS) is 12.0. The Morgan fingerprint density at radius 3 is 2.84 bits per heavy atom. The van der Waals surface area contributed by atoms with E-state index in [9.17, 15) is 14.9 Å². The summed E-state index contributed by atoms with van der Waals surface area (Å²) in [6.07, 6.45) is 3.22. The van der Waals surface area contributed by atoms with Crippen LogP contribution in [0.4, 0.5) is 5.69 Å². The monoisotopic (exact) mass is 303 g/mol. The standard InChI is InChI=1S/C11H14ClN3O3S/c1-7(6-19-3)14(2)11(16)8-4-5-13-10(12)9(8)15(17)18/h4-5,7H,6H2,1-3H3. The molecule has 0 aliphatic rings. The molecule has 0 aliphatic carbocycles. The van der Waals surface area contributed by atoms with Crippen LogP contribution in [-0.2, 0) is 0 Å². The summed E-state index contributed by atoms with van der Waals surface area (Å²) in [6.45, 7) is 1.88. The number of hydrogen-bond acceptors (Lipinski definition) is 5. The van der Waals surface area contributed by atoms with E-state index in [1.807, 2.05) is 13.2 Å². The van der Waals surface area contributed by atoms with Crippen LogP contribution < -0.4 is 0 Å². The van der Waals surface area contributed by atoms with Gasteiger partial charge in [-0.25, -0.2) is 4.98 Å². The number of halogens is 1. The van der Waals surface area contributed by atoms with E-state index in [4.69, 9.17) is 11.6 Å². The molecule has 1 atom stereocenters. The number of nitrogens with zero attached hydrogens (tertiary/aromatic N) is 3. The Kier molecular flexibility index (Phi) is 5.56. The van der Waals surface area contributed by atoms with Crippen molar-refractivity contribution < 1.29 is 9.72 Å². The highest BCUT2D eigenvalue weighted by Gasteiger charge is 2.28. The lowest BCUT2D eigenvalue weighted by atomic mass is 10.2. The van der Waals surface area contributed by atoms with Crippen LogP contribution in [0, 0.1) is 10.1 Å². The summed E-state index contributed by atoms with van der Waals surface area (Å²) in [4.78, 5) is 27.7. The summed E-state index contributed by atoms with van der Waals surface area (Å²) >= 11 is 7.28. The minimum atomic E-state index is -0.685. The van der Waals surface area contributed by atoms with Crippen molar-refractivity contribution >= 4 is 35.0 Å². The van der Waals surface area contributed by atoms with E-state index in [0.717, 1.165) is 5.75 Å². The van der Waals surface area contributed by atoms with Gasteiger partial charge in [-0.2, -0.15) is 11.8 Å². The number of pyridine rings is 1. The van der Waals surface area contributed by atoms with E-state index >= 15 is 0 Å². The maximum absolute atomic E-state index is 12.3. The molecule has 0 bridgehead atoms. The second-order valence-electron chi connectivity index (χ2n) is 3.98. The largest absolute Gasteiger partial charge is 0.338 e. The zero-order valence-electron chi connectivity index (χ0n) is 10.8. The molecular formula is C11H14ClN3O3S. The fraction of sp³-hybridized carbons (Fsp3) is 0.455. The predicted octanol–water partition coefficient (Wildman–Crippen LogP) is 2.47. The predicted molar refractivity (Wildman–Crippen MR) is 75.8 cm³/mol. The summed E-state index contributed by atoms with van der Waals surface area (Å²) in [5.41, 5.74) is -0.488. The van der Waals surface area contributed by atoms with Crippen molar-refractivity contribution in [2.45, 2.75) is 13.0 Å². The van der Waals surface area contributed by atoms with Crippen LogP contribution in [0.25, 0.3) is 0 Å². The van der Waals surface area contributed by atoms with Crippen LogP contribution in [0.3, 0.4) is 0 Å². The van der Waals surface area contributed by atoms with Gasteiger partial charge in [0, 0.05) is 25.0 Å². The second-order valence-corrected chi connectivity index (χ2v) is 5.24. The molecule has 0 radical (unpaired) electrons. The van der Waals surface area contributed by atoms with E-state index < -0.39 is 16.5 Å². The first-order valence-electron chi connectivity index (χ1n) is 5.45. The van der Waals surface area contributed by atoms with E-state index in [1.165, 1.54) is 17.2 Å². The fourth-order valence-corrected chi connectivity index (χ4v) is 2.45. The molecule has 1 heterocycles. The first kappa shape index (κ1) is 15.7. The molecule has 1 unspecified atom stereocenters. The third-order valence-electron chi connectivity index (χ3n) is 2.68. The lowest BCUT2D eigenvalue weighted by molar-refractivity contribution is -0.385. The average Bonchev–Trinajstić information content (AvgIpc) is 2.36. The van der Waals surface area contributed by atoms with Crippen molar-refractivity contribution in [2.24, 2.45) is 0 Å². The number of thioether (sulfide) groups is 1. The molecule has 0 fully saturated rings. The van der Waals surface area contributed by atoms with Crippen molar-refractivity contribution in [3.05, 3.63) is 33.1 Å². The third-order valence-corrected chi connectivity index (χ3v) is 3.77. The van der Waals surface area contributed by atoms with Crippen LogP contribution in [-0.4, -0.2) is 45.8 Å². The van der Waals surface area contributed by atoms with E-state index in [0.29, 0.717) is 0 Å². The highest BCUT2D eigenvalue weighted by atomic mass is 35.5. The van der Waals surface area contributed by atoms with Gasteiger partial charge in [0.2, 0.25) is 5.15 Å². The Hall–Kier alpha value is -1.34. The van der Waals surface area contributed by atoms with Gasteiger partial charge in [-0.15, -0.1) is 0 Å². The molecule has 0 aromatic carbocycles. The molecule has 0 saturated carbocycles. The molecule has 0 N–H and O–H groups in total. The topological polar surface area (TPSA) is 76.3 Å². The van der Waals surface area contributed by atoms with Gasteiger partial charge in [0.25, 0.3) is 5.91 Å². The molecule has 1 aromatic rings. The number of carbonyl (C=O) groups excluding carboxylic acids is 1. The van der Waals surface area contributed by atoms with Crippen LogP contribution in [0.15, 0.2) is 12.3 Å². The summed E-state index contributed by atoms with van der Waals surface area (Å²) in [5.74, 6) is 0.312. The molecule has 104 valence electrons. The van der Waals surface area contributed by atoms with Gasteiger partial charge in [0.1, 0.15) is 5.56 Å². The van der Waals surface area contributed by atoms with Gasteiger partial charge in [-0.1, -0.05) is 11.6 Å². The lowest BCUT2D eigenvalue weighted by Crippen LogP contribution is -2.37. The lowest BCUT2D eigenvalue weighted by Gasteiger charge is -2.24. The molecule has 0 spiro atoms. The minimum Gasteiger partial charge on any atom is -0.338 e. The Morgan fingerprint density at radius 2 is 2.32 bits per heavy atom. The Balaban J connectivity index is 3.13. The van der Waals surface area contributed by atoms with Gasteiger partial charge in [0.05, 0.1) is 4.92 Å². The second kappa shape index (κ2) is 6.72. The molecule has 1 amide bonds. The Bertz CT molecular complexity index is 498. The molecule has 19 heavy (non-hydrogen) atoms. The first-order chi connectivity index (χ1) is 8.90. The van der Waals surface area contributed by atoms with Crippen molar-refractivity contribution in [1.82, 2.24) is 9.88 Å². The van der Waals surface area contributed by atoms with Gasteiger partial charge < -0.3 is 4.90 Å². The minimum absolute atomic E-state index is 0.0333. The van der Waals surface area contributed by atoms with E-state index in [1.54, 1.807) is 18.8 Å². The van der Waals surface area contributed by atoms with Gasteiger partial charge in [-0.05, 0) is 19.2 Å². The molecule has 6 nitrogen and oxygen atoms in total. The number of rotatable bonds is 5. The maximum atomic E-state index is 12.3. The molecular weight excluding hydrogens is 290 g/mol. The summed E-state index contributed by atoms with van der Waals surface area (Å²) in [6, 6.07) is 1.28. The smallest absolute Gasteiger partial charge is 0.319 e. The number of carbonyl (C=O) groups is 1. The Morgan fingerprint density at radius 1 is 1.68 bits per heavy atom. The van der Waals surface area contributed by atoms with Crippen molar-refractivity contribution in [3.8, 4) is 0 Å². The fourth-order valence-electron chi connectivity index (χ4n) is 1.52. The van der Waals surface area contributed by atoms with Crippen molar-refractivity contribution in [3.63, 3.8) is 0 Å². The van der Waals surface area contributed by atoms with Gasteiger partial charge in [0.15, 0.2) is 0 Å². The van der Waals surface area contributed by atoms with Gasteiger partial charge >= 0.3 is 5.69 Å².